The van der Waals surface area contributed by atoms with Gasteiger partial charge in [0.05, 0.1) is 6.54 Å². The molecule has 1 aliphatic rings. The number of carbonyl (C=O) groups is 1. The Balaban J connectivity index is 2.04. The standard InChI is InChI=1S/C12H18N4O3/c1-9-7-11(18)16(12(19)14-9)6-5-15-4-2-3-13-10(17)8-15/h7H,2-6,8H2,1H3,(H,13,17)(H,14,19). The number of nitrogens with zero attached hydrogens (tertiary/aromatic N) is 2. The van der Waals surface area contributed by atoms with Crippen molar-refractivity contribution >= 4 is 5.91 Å². The third kappa shape index (κ3) is 3.54. The zero-order valence-corrected chi connectivity index (χ0v) is 10.9. The summed E-state index contributed by atoms with van der Waals surface area (Å²) in [6, 6.07) is 1.40. The van der Waals surface area contributed by atoms with Crippen molar-refractivity contribution in [1.29, 1.82) is 0 Å². The van der Waals surface area contributed by atoms with E-state index >= 15 is 0 Å². The average Bonchev–Trinajstić information content (AvgIpc) is 2.52. The first-order chi connectivity index (χ1) is 9.06. The Morgan fingerprint density at radius 1 is 1.26 bits per heavy atom. The van der Waals surface area contributed by atoms with Crippen LogP contribution >= 0.6 is 0 Å². The fourth-order valence-corrected chi connectivity index (χ4v) is 2.15. The van der Waals surface area contributed by atoms with Gasteiger partial charge in [0.2, 0.25) is 5.91 Å². The molecule has 1 fully saturated rings. The second-order valence-corrected chi connectivity index (χ2v) is 4.73. The number of hydrogen-bond acceptors (Lipinski definition) is 4. The van der Waals surface area contributed by atoms with Gasteiger partial charge in [-0.15, -0.1) is 0 Å². The van der Waals surface area contributed by atoms with Gasteiger partial charge in [-0.2, -0.15) is 0 Å². The van der Waals surface area contributed by atoms with Gasteiger partial charge in [-0.25, -0.2) is 4.79 Å². The molecule has 0 atom stereocenters. The van der Waals surface area contributed by atoms with E-state index in [9.17, 15) is 14.4 Å². The molecule has 7 heteroatoms. The zero-order chi connectivity index (χ0) is 13.8. The van der Waals surface area contributed by atoms with Gasteiger partial charge in [-0.3, -0.25) is 19.1 Å². The molecule has 0 unspecified atom stereocenters. The molecule has 1 aromatic heterocycles. The van der Waals surface area contributed by atoms with Crippen LogP contribution in [0.1, 0.15) is 12.1 Å². The molecule has 1 amide bonds. The molecule has 19 heavy (non-hydrogen) atoms. The van der Waals surface area contributed by atoms with E-state index < -0.39 is 5.69 Å². The largest absolute Gasteiger partial charge is 0.355 e. The van der Waals surface area contributed by atoms with Crippen molar-refractivity contribution in [3.8, 4) is 0 Å². The van der Waals surface area contributed by atoms with Crippen molar-refractivity contribution in [2.75, 3.05) is 26.2 Å². The minimum absolute atomic E-state index is 0.0114. The molecule has 1 aliphatic heterocycles. The van der Waals surface area contributed by atoms with Crippen molar-refractivity contribution < 1.29 is 4.79 Å². The Morgan fingerprint density at radius 2 is 2.05 bits per heavy atom. The molecular formula is C12H18N4O3. The van der Waals surface area contributed by atoms with Crippen molar-refractivity contribution in [2.45, 2.75) is 19.9 Å². The lowest BCUT2D eigenvalue weighted by Crippen LogP contribution is -2.40. The van der Waals surface area contributed by atoms with Gasteiger partial charge in [-0.1, -0.05) is 0 Å². The number of rotatable bonds is 3. The van der Waals surface area contributed by atoms with Gasteiger partial charge in [0.25, 0.3) is 5.56 Å². The van der Waals surface area contributed by atoms with E-state index in [4.69, 9.17) is 0 Å². The van der Waals surface area contributed by atoms with E-state index in [0.29, 0.717) is 31.9 Å². The molecule has 1 aromatic rings. The number of aryl methyl sites for hydroxylation is 1. The second kappa shape index (κ2) is 5.83. The smallest absolute Gasteiger partial charge is 0.328 e. The van der Waals surface area contributed by atoms with E-state index in [-0.39, 0.29) is 11.5 Å². The molecule has 1 saturated heterocycles. The van der Waals surface area contributed by atoms with Crippen molar-refractivity contribution in [3.05, 3.63) is 32.6 Å². The van der Waals surface area contributed by atoms with Gasteiger partial charge in [0, 0.05) is 37.9 Å². The van der Waals surface area contributed by atoms with Crippen LogP contribution in [0.3, 0.4) is 0 Å². The van der Waals surface area contributed by atoms with E-state index in [1.165, 1.54) is 6.07 Å². The van der Waals surface area contributed by atoms with E-state index in [1.54, 1.807) is 6.92 Å². The quantitative estimate of drug-likeness (QED) is 0.709. The highest BCUT2D eigenvalue weighted by Crippen LogP contribution is 1.96. The molecule has 2 heterocycles. The monoisotopic (exact) mass is 266 g/mol. The highest BCUT2D eigenvalue weighted by atomic mass is 16.2. The summed E-state index contributed by atoms with van der Waals surface area (Å²) in [6.45, 7) is 4.27. The molecular weight excluding hydrogens is 248 g/mol. The lowest BCUT2D eigenvalue weighted by Gasteiger charge is -2.18. The summed E-state index contributed by atoms with van der Waals surface area (Å²) < 4.78 is 1.16. The van der Waals surface area contributed by atoms with Gasteiger partial charge >= 0.3 is 5.69 Å². The number of hydrogen-bond donors (Lipinski definition) is 2. The summed E-state index contributed by atoms with van der Waals surface area (Å²) >= 11 is 0. The number of aromatic nitrogens is 2. The van der Waals surface area contributed by atoms with Crippen LogP contribution in [0.2, 0.25) is 0 Å². The van der Waals surface area contributed by atoms with Crippen LogP contribution in [0, 0.1) is 6.92 Å². The SMILES string of the molecule is Cc1cc(=O)n(CCN2CCCNC(=O)C2)c(=O)[nH]1. The van der Waals surface area contributed by atoms with E-state index in [2.05, 4.69) is 10.3 Å². The van der Waals surface area contributed by atoms with Crippen LogP contribution < -0.4 is 16.6 Å². The van der Waals surface area contributed by atoms with Crippen LogP contribution in [0.25, 0.3) is 0 Å². The van der Waals surface area contributed by atoms with Crippen LogP contribution in [0.5, 0.6) is 0 Å². The highest BCUT2D eigenvalue weighted by Gasteiger charge is 2.14. The lowest BCUT2D eigenvalue weighted by atomic mass is 10.4. The third-order valence-corrected chi connectivity index (χ3v) is 3.14. The van der Waals surface area contributed by atoms with Crippen LogP contribution in [0.15, 0.2) is 15.7 Å². The summed E-state index contributed by atoms with van der Waals surface area (Å²) in [4.78, 5) is 39.3. The van der Waals surface area contributed by atoms with Gasteiger partial charge in [0.15, 0.2) is 0 Å². The summed E-state index contributed by atoms with van der Waals surface area (Å²) in [6.07, 6.45) is 0.880. The summed E-state index contributed by atoms with van der Waals surface area (Å²) in [7, 11) is 0. The van der Waals surface area contributed by atoms with Crippen molar-refractivity contribution in [2.24, 2.45) is 0 Å². The number of aromatic amines is 1. The number of carbonyl (C=O) groups excluding carboxylic acids is 1. The maximum Gasteiger partial charge on any atom is 0.328 e. The molecule has 0 spiro atoms. The Morgan fingerprint density at radius 3 is 2.79 bits per heavy atom. The van der Waals surface area contributed by atoms with Crippen LogP contribution in [-0.2, 0) is 11.3 Å². The molecule has 0 saturated carbocycles. The molecule has 0 bridgehead atoms. The maximum absolute atomic E-state index is 11.7. The zero-order valence-electron chi connectivity index (χ0n) is 10.9. The summed E-state index contributed by atoms with van der Waals surface area (Å²) in [5.41, 5.74) is -0.148. The topological polar surface area (TPSA) is 87.2 Å². The lowest BCUT2D eigenvalue weighted by molar-refractivity contribution is -0.121. The molecule has 104 valence electrons. The van der Waals surface area contributed by atoms with E-state index in [0.717, 1.165) is 17.5 Å². The van der Waals surface area contributed by atoms with Crippen LogP contribution in [0.4, 0.5) is 0 Å². The molecule has 0 radical (unpaired) electrons. The minimum Gasteiger partial charge on any atom is -0.355 e. The summed E-state index contributed by atoms with van der Waals surface area (Å²) in [5.74, 6) is -0.0114. The number of amides is 1. The maximum atomic E-state index is 11.7. The Labute approximate surface area is 110 Å². The number of H-pyrrole nitrogens is 1. The average molecular weight is 266 g/mol. The van der Waals surface area contributed by atoms with Gasteiger partial charge in [-0.05, 0) is 13.3 Å². The third-order valence-electron chi connectivity index (χ3n) is 3.14. The van der Waals surface area contributed by atoms with Gasteiger partial charge in [0.1, 0.15) is 0 Å². The molecule has 0 aliphatic carbocycles. The van der Waals surface area contributed by atoms with E-state index in [1.807, 2.05) is 4.90 Å². The molecule has 2 N–H and O–H groups in total. The normalized spacial score (nSPS) is 17.0. The summed E-state index contributed by atoms with van der Waals surface area (Å²) in [5, 5.41) is 2.79. The fourth-order valence-electron chi connectivity index (χ4n) is 2.15. The Bertz CT molecular complexity index is 544. The minimum atomic E-state index is -0.399. The van der Waals surface area contributed by atoms with Crippen molar-refractivity contribution in [1.82, 2.24) is 19.8 Å². The second-order valence-electron chi connectivity index (χ2n) is 4.73. The van der Waals surface area contributed by atoms with Crippen molar-refractivity contribution in [3.63, 3.8) is 0 Å². The van der Waals surface area contributed by atoms with Crippen LogP contribution in [-0.4, -0.2) is 46.5 Å². The Hall–Kier alpha value is -1.89. The first kappa shape index (κ1) is 13.5. The Kier molecular flexibility index (Phi) is 4.16. The molecule has 2 rings (SSSR count). The predicted octanol–water partition coefficient (Wildman–Crippen LogP) is -1.33. The first-order valence-electron chi connectivity index (χ1n) is 6.36. The predicted molar refractivity (Wildman–Crippen MR) is 70.1 cm³/mol. The molecule has 7 nitrogen and oxygen atoms in total. The highest BCUT2D eigenvalue weighted by molar-refractivity contribution is 5.78. The fraction of sp³-hybridized carbons (Fsp3) is 0.583. The first-order valence-corrected chi connectivity index (χ1v) is 6.36. The number of nitrogens with one attached hydrogen (secondary N) is 2. The molecule has 0 aromatic carbocycles. The van der Waals surface area contributed by atoms with Gasteiger partial charge < -0.3 is 10.3 Å².